The van der Waals surface area contributed by atoms with Crippen LogP contribution in [0.5, 0.6) is 0 Å². The minimum atomic E-state index is -0.556. The number of hydrogen-bond acceptors (Lipinski definition) is 4. The molecular formula is C9H12BrN3O3. The van der Waals surface area contributed by atoms with Crippen LogP contribution in [0.2, 0.25) is 0 Å². The predicted molar refractivity (Wildman–Crippen MR) is 61.9 cm³/mol. The van der Waals surface area contributed by atoms with Gasteiger partial charge in [0.15, 0.2) is 4.67 Å². The van der Waals surface area contributed by atoms with Gasteiger partial charge < -0.3 is 10.2 Å². The average molecular weight is 290 g/mol. The highest BCUT2D eigenvalue weighted by Gasteiger charge is 2.17. The Bertz CT molecular complexity index is 391. The van der Waals surface area contributed by atoms with E-state index in [4.69, 9.17) is 10.2 Å². The molecule has 0 saturated carbocycles. The molecule has 6 nitrogen and oxygen atoms in total. The van der Waals surface area contributed by atoms with E-state index in [1.165, 1.54) is 6.92 Å². The van der Waals surface area contributed by atoms with Crippen molar-refractivity contribution in [2.75, 3.05) is 18.4 Å². The highest BCUT2D eigenvalue weighted by atomic mass is 79.9. The first-order chi connectivity index (χ1) is 7.54. The number of nitrogens with two attached hydrogens (primary N) is 1. The number of furan rings is 1. The lowest BCUT2D eigenvalue weighted by atomic mass is 10.5. The normalized spacial score (nSPS) is 9.94. The van der Waals surface area contributed by atoms with Gasteiger partial charge >= 0.3 is 6.03 Å². The van der Waals surface area contributed by atoms with Crippen LogP contribution in [0.1, 0.15) is 6.92 Å². The molecule has 1 aromatic rings. The quantitative estimate of drug-likeness (QED) is 0.880. The van der Waals surface area contributed by atoms with Crippen molar-refractivity contribution >= 4 is 33.8 Å². The fourth-order valence-electron chi connectivity index (χ4n) is 1.09. The molecule has 0 atom stereocenters. The van der Waals surface area contributed by atoms with E-state index in [9.17, 15) is 9.59 Å². The van der Waals surface area contributed by atoms with Gasteiger partial charge in [0.05, 0.1) is 0 Å². The van der Waals surface area contributed by atoms with E-state index in [1.807, 2.05) is 0 Å². The number of carbonyl (C=O) groups excluding carboxylic acids is 2. The number of halogens is 1. The largest absolute Gasteiger partial charge is 0.434 e. The Kier molecular flexibility index (Phi) is 4.51. The third-order valence-corrected chi connectivity index (χ3v) is 2.21. The maximum absolute atomic E-state index is 11.6. The Labute approximate surface area is 101 Å². The van der Waals surface area contributed by atoms with Crippen LogP contribution >= 0.6 is 15.9 Å². The van der Waals surface area contributed by atoms with Crippen molar-refractivity contribution in [3.63, 3.8) is 0 Å². The molecule has 1 rings (SSSR count). The van der Waals surface area contributed by atoms with E-state index in [1.54, 1.807) is 12.1 Å². The van der Waals surface area contributed by atoms with Crippen molar-refractivity contribution in [3.8, 4) is 0 Å². The van der Waals surface area contributed by atoms with Gasteiger partial charge in [-0.05, 0) is 22.0 Å². The summed E-state index contributed by atoms with van der Waals surface area (Å²) < 4.78 is 5.57. The molecule has 7 heteroatoms. The number of nitrogens with one attached hydrogen (secondary N) is 1. The molecule has 16 heavy (non-hydrogen) atoms. The van der Waals surface area contributed by atoms with Crippen LogP contribution in [0.4, 0.5) is 10.7 Å². The van der Waals surface area contributed by atoms with Crippen LogP contribution in [0.25, 0.3) is 0 Å². The number of urea groups is 1. The van der Waals surface area contributed by atoms with E-state index < -0.39 is 6.03 Å². The predicted octanol–water partition coefficient (Wildman–Crippen LogP) is 1.38. The van der Waals surface area contributed by atoms with Crippen molar-refractivity contribution in [2.45, 2.75) is 6.92 Å². The van der Waals surface area contributed by atoms with Gasteiger partial charge in [-0.25, -0.2) is 4.79 Å². The Hall–Kier alpha value is -1.34. The molecular weight excluding hydrogens is 278 g/mol. The first-order valence-electron chi connectivity index (χ1n) is 4.59. The number of rotatable bonds is 3. The zero-order valence-corrected chi connectivity index (χ0v) is 10.3. The molecule has 0 aromatic carbocycles. The van der Waals surface area contributed by atoms with E-state index in [0.29, 0.717) is 4.67 Å². The van der Waals surface area contributed by atoms with Gasteiger partial charge in [-0.2, -0.15) is 0 Å². The average Bonchev–Trinajstić information content (AvgIpc) is 2.59. The van der Waals surface area contributed by atoms with Gasteiger partial charge in [0, 0.05) is 26.1 Å². The van der Waals surface area contributed by atoms with Crippen molar-refractivity contribution in [1.82, 2.24) is 4.90 Å². The Morgan fingerprint density at radius 1 is 1.56 bits per heavy atom. The summed E-state index contributed by atoms with van der Waals surface area (Å²) in [5.41, 5.74) is 5.30. The van der Waals surface area contributed by atoms with Gasteiger partial charge in [-0.3, -0.25) is 15.0 Å². The lowest BCUT2D eigenvalue weighted by Gasteiger charge is -2.17. The minimum Gasteiger partial charge on any atom is -0.434 e. The van der Waals surface area contributed by atoms with E-state index in [2.05, 4.69) is 21.2 Å². The third-order valence-electron chi connectivity index (χ3n) is 1.78. The molecule has 0 fully saturated rings. The van der Waals surface area contributed by atoms with Crippen molar-refractivity contribution in [2.24, 2.45) is 5.73 Å². The SMILES string of the molecule is CC(=O)N(CCN)C(=O)Nc1ccc(Br)o1. The topological polar surface area (TPSA) is 88.6 Å². The highest BCUT2D eigenvalue weighted by molar-refractivity contribution is 9.10. The van der Waals surface area contributed by atoms with Crippen LogP contribution in [-0.4, -0.2) is 29.9 Å². The van der Waals surface area contributed by atoms with Crippen LogP contribution in [0, 0.1) is 0 Å². The first-order valence-corrected chi connectivity index (χ1v) is 5.38. The van der Waals surface area contributed by atoms with Crippen LogP contribution in [-0.2, 0) is 4.79 Å². The third kappa shape index (κ3) is 3.35. The molecule has 0 aliphatic rings. The van der Waals surface area contributed by atoms with Crippen LogP contribution in [0.15, 0.2) is 21.2 Å². The summed E-state index contributed by atoms with van der Waals surface area (Å²) in [6.45, 7) is 1.69. The zero-order chi connectivity index (χ0) is 12.1. The molecule has 1 aromatic heterocycles. The van der Waals surface area contributed by atoms with Crippen LogP contribution in [0.3, 0.4) is 0 Å². The molecule has 0 spiro atoms. The van der Waals surface area contributed by atoms with Gasteiger partial charge in [0.25, 0.3) is 0 Å². The summed E-state index contributed by atoms with van der Waals surface area (Å²) in [5.74, 6) is -0.103. The molecule has 0 radical (unpaired) electrons. The lowest BCUT2D eigenvalue weighted by Crippen LogP contribution is -2.41. The molecule has 0 aliphatic heterocycles. The van der Waals surface area contributed by atoms with Gasteiger partial charge in [-0.15, -0.1) is 0 Å². The summed E-state index contributed by atoms with van der Waals surface area (Å²) in [7, 11) is 0. The summed E-state index contributed by atoms with van der Waals surface area (Å²) >= 11 is 3.10. The molecule has 88 valence electrons. The molecule has 3 amide bonds. The second-order valence-corrected chi connectivity index (χ2v) is 3.77. The number of carbonyl (C=O) groups is 2. The molecule has 3 N–H and O–H groups in total. The smallest absolute Gasteiger partial charge is 0.330 e. The maximum Gasteiger partial charge on any atom is 0.330 e. The number of nitrogens with zero attached hydrogens (tertiary/aromatic N) is 1. The minimum absolute atomic E-state index is 0.170. The maximum atomic E-state index is 11.6. The van der Waals surface area contributed by atoms with Crippen molar-refractivity contribution in [3.05, 3.63) is 16.8 Å². The monoisotopic (exact) mass is 289 g/mol. The summed E-state index contributed by atoms with van der Waals surface area (Å²) in [5, 5.41) is 2.44. The fourth-order valence-corrected chi connectivity index (χ4v) is 1.39. The lowest BCUT2D eigenvalue weighted by molar-refractivity contribution is -0.125. The molecule has 0 bridgehead atoms. The van der Waals surface area contributed by atoms with Gasteiger partial charge in [-0.1, -0.05) is 0 Å². The second-order valence-electron chi connectivity index (χ2n) is 2.99. The Balaban J connectivity index is 2.65. The van der Waals surface area contributed by atoms with Crippen molar-refractivity contribution < 1.29 is 14.0 Å². The number of imide groups is 1. The Morgan fingerprint density at radius 3 is 2.69 bits per heavy atom. The molecule has 1 heterocycles. The van der Waals surface area contributed by atoms with Crippen molar-refractivity contribution in [1.29, 1.82) is 0 Å². The summed E-state index contributed by atoms with van der Waals surface area (Å²) in [4.78, 5) is 23.8. The number of hydrogen-bond donors (Lipinski definition) is 2. The molecule has 0 saturated heterocycles. The zero-order valence-electron chi connectivity index (χ0n) is 8.70. The van der Waals surface area contributed by atoms with Crippen LogP contribution < -0.4 is 11.1 Å². The standard InChI is InChI=1S/C9H12BrN3O3/c1-6(14)13(5-4-11)9(15)12-8-3-2-7(10)16-8/h2-3H,4-5,11H2,1H3,(H,12,15). The number of amides is 3. The highest BCUT2D eigenvalue weighted by Crippen LogP contribution is 2.18. The Morgan fingerprint density at radius 2 is 2.25 bits per heavy atom. The second kappa shape index (κ2) is 5.66. The van der Waals surface area contributed by atoms with E-state index >= 15 is 0 Å². The first kappa shape index (κ1) is 12.7. The fraction of sp³-hybridized carbons (Fsp3) is 0.333. The van der Waals surface area contributed by atoms with Gasteiger partial charge in [0.1, 0.15) is 0 Å². The van der Waals surface area contributed by atoms with Gasteiger partial charge in [0.2, 0.25) is 11.8 Å². The molecule has 0 aliphatic carbocycles. The summed E-state index contributed by atoms with van der Waals surface area (Å²) in [6.07, 6.45) is 0. The summed E-state index contributed by atoms with van der Waals surface area (Å²) in [6, 6.07) is 2.65. The van der Waals surface area contributed by atoms with E-state index in [0.717, 1.165) is 4.90 Å². The number of anilines is 1. The molecule has 0 unspecified atom stereocenters. The van der Waals surface area contributed by atoms with E-state index in [-0.39, 0.29) is 24.9 Å².